The summed E-state index contributed by atoms with van der Waals surface area (Å²) >= 11 is 11.5. The Morgan fingerprint density at radius 1 is 0.977 bits per heavy atom. The second kappa shape index (κ2) is 13.6. The van der Waals surface area contributed by atoms with Crippen molar-refractivity contribution < 1.29 is 24.2 Å². The Kier molecular flexibility index (Phi) is 11.0. The van der Waals surface area contributed by atoms with Crippen molar-refractivity contribution in [3.05, 3.63) is 93.7 Å². The average molecular weight is 680 g/mol. The zero-order chi connectivity index (χ0) is 32.7. The Bertz CT molecular complexity index is 1450. The van der Waals surface area contributed by atoms with E-state index in [0.717, 1.165) is 11.1 Å². The van der Waals surface area contributed by atoms with E-state index in [1.165, 1.54) is 6.07 Å². The molecule has 1 amide bonds. The number of fused-ring (bicyclic) bond motifs is 2. The van der Waals surface area contributed by atoms with E-state index in [4.69, 9.17) is 23.2 Å². The Hall–Kier alpha value is -2.86. The van der Waals surface area contributed by atoms with Crippen LogP contribution in [0, 0.1) is 0 Å². The molecule has 1 aromatic heterocycles. The van der Waals surface area contributed by atoms with Crippen LogP contribution in [-0.2, 0) is 16.8 Å². The standard InChI is InChI=1S/C22H24ClF5N2S.C7H7ClN2O.C2H6/c1-29-16-22(20-15-19(8-9-21(20)29)31(24,25,26,27)28)10-13-30(14-11-22)12-2-3-17-4-6-18(23)7-5-17;8-7-3-6(1-2-10-7)4-9-5-11;1-2/h2-9,15H,10-14,16H2,1H3;1-3,5H,4H2,(H,9,11);1-2H3/b3-2+;;. The smallest absolute Gasteiger partial charge is 0.310 e. The van der Waals surface area contributed by atoms with Crippen LogP contribution in [0.15, 0.2) is 71.8 Å². The summed E-state index contributed by atoms with van der Waals surface area (Å²) in [5.74, 6) is 0. The van der Waals surface area contributed by atoms with Gasteiger partial charge in [-0.1, -0.05) is 80.8 Å². The third-order valence-electron chi connectivity index (χ3n) is 7.47. The summed E-state index contributed by atoms with van der Waals surface area (Å²) in [5.41, 5.74) is 2.46. The molecular weight excluding hydrogens is 642 g/mol. The fourth-order valence-corrected chi connectivity index (χ4v) is 6.34. The van der Waals surface area contributed by atoms with Gasteiger partial charge in [0.15, 0.2) is 0 Å². The van der Waals surface area contributed by atoms with Crippen LogP contribution in [0.25, 0.3) is 6.08 Å². The number of nitrogens with zero attached hydrogens (tertiary/aromatic N) is 3. The summed E-state index contributed by atoms with van der Waals surface area (Å²) in [6.45, 7) is 7.14. The highest BCUT2D eigenvalue weighted by molar-refractivity contribution is 8.45. The number of rotatable bonds is 7. The number of anilines is 1. The molecule has 2 aliphatic rings. The molecule has 1 N–H and O–H groups in total. The van der Waals surface area contributed by atoms with Crippen molar-refractivity contribution in [2.75, 3.05) is 38.1 Å². The van der Waals surface area contributed by atoms with Gasteiger partial charge in [-0.05, 0) is 85.1 Å². The van der Waals surface area contributed by atoms with Gasteiger partial charge in [-0.3, -0.25) is 9.69 Å². The molecule has 3 aromatic rings. The number of carbonyl (C=O) groups is 1. The summed E-state index contributed by atoms with van der Waals surface area (Å²) < 4.78 is 67.0. The largest absolute Gasteiger partial charge is 0.373 e. The van der Waals surface area contributed by atoms with Crippen LogP contribution >= 0.6 is 33.4 Å². The number of likely N-dealkylation sites (N-methyl/N-ethyl adjacent to an activating group) is 1. The molecule has 44 heavy (non-hydrogen) atoms. The lowest BCUT2D eigenvalue weighted by atomic mass is 9.74. The van der Waals surface area contributed by atoms with Gasteiger partial charge < -0.3 is 10.2 Å². The number of piperidine rings is 1. The van der Waals surface area contributed by atoms with Gasteiger partial charge in [0.1, 0.15) is 10.0 Å². The van der Waals surface area contributed by atoms with Crippen molar-refractivity contribution in [2.45, 2.75) is 43.5 Å². The van der Waals surface area contributed by atoms with E-state index in [9.17, 15) is 24.2 Å². The number of halogens is 7. The number of hydrogen-bond donors (Lipinski definition) is 1. The van der Waals surface area contributed by atoms with E-state index in [1.807, 2.05) is 55.2 Å². The van der Waals surface area contributed by atoms with E-state index >= 15 is 0 Å². The maximum absolute atomic E-state index is 13.4. The van der Waals surface area contributed by atoms with E-state index in [2.05, 4.69) is 15.2 Å². The topological polar surface area (TPSA) is 48.5 Å². The Labute approximate surface area is 265 Å². The van der Waals surface area contributed by atoms with Gasteiger partial charge in [-0.25, -0.2) is 4.98 Å². The highest BCUT2D eigenvalue weighted by Gasteiger charge is 2.66. The van der Waals surface area contributed by atoms with E-state index in [-0.39, 0.29) is 0 Å². The van der Waals surface area contributed by atoms with Crippen LogP contribution in [0.1, 0.15) is 43.4 Å². The molecule has 0 atom stereocenters. The fraction of sp³-hybridized carbons (Fsp3) is 0.355. The minimum Gasteiger partial charge on any atom is -0.373 e. The summed E-state index contributed by atoms with van der Waals surface area (Å²) in [5, 5.41) is 3.64. The van der Waals surface area contributed by atoms with Crippen molar-refractivity contribution in [3.8, 4) is 0 Å². The van der Waals surface area contributed by atoms with Gasteiger partial charge in [-0.2, -0.15) is 0 Å². The minimum atomic E-state index is -9.71. The lowest BCUT2D eigenvalue weighted by Gasteiger charge is -2.42. The number of carbonyl (C=O) groups excluding carboxylic acids is 1. The zero-order valence-corrected chi connectivity index (χ0v) is 27.1. The van der Waals surface area contributed by atoms with Gasteiger partial charge in [0.25, 0.3) is 0 Å². The molecule has 1 fully saturated rings. The van der Waals surface area contributed by atoms with Crippen LogP contribution in [-0.4, -0.2) is 49.5 Å². The third kappa shape index (κ3) is 9.57. The number of likely N-dealkylation sites (tertiary alicyclic amines) is 1. The predicted octanol–water partition coefficient (Wildman–Crippen LogP) is 9.50. The molecule has 242 valence electrons. The maximum atomic E-state index is 13.4. The normalized spacial score (nSPS) is 17.5. The zero-order valence-electron chi connectivity index (χ0n) is 24.8. The first-order valence-corrected chi connectivity index (χ1v) is 16.8. The molecule has 0 saturated carbocycles. The van der Waals surface area contributed by atoms with Crippen LogP contribution in [0.4, 0.5) is 25.1 Å². The lowest BCUT2D eigenvalue weighted by molar-refractivity contribution is -0.109. The lowest BCUT2D eigenvalue weighted by Crippen LogP contribution is -2.44. The molecule has 0 aliphatic carbocycles. The van der Waals surface area contributed by atoms with Crippen LogP contribution in [0.5, 0.6) is 0 Å². The molecule has 1 saturated heterocycles. The molecule has 2 aliphatic heterocycles. The fourth-order valence-electron chi connectivity index (χ4n) is 5.35. The molecular formula is C31H37Cl2F5N4OS. The second-order valence-corrected chi connectivity index (χ2v) is 13.8. The summed E-state index contributed by atoms with van der Waals surface area (Å²) in [6, 6.07) is 13.4. The van der Waals surface area contributed by atoms with Crippen LogP contribution in [0.3, 0.4) is 0 Å². The highest BCUT2D eigenvalue weighted by Crippen LogP contribution is 3.02. The first-order valence-electron chi connectivity index (χ1n) is 14.1. The maximum Gasteiger partial charge on any atom is 0.310 e. The van der Waals surface area contributed by atoms with Crippen molar-refractivity contribution in [1.82, 2.24) is 15.2 Å². The molecule has 0 bridgehead atoms. The third-order valence-corrected chi connectivity index (χ3v) is 9.08. The first kappa shape index (κ1) is 35.6. The monoisotopic (exact) mass is 678 g/mol. The average Bonchev–Trinajstić information content (AvgIpc) is 3.24. The Morgan fingerprint density at radius 3 is 2.23 bits per heavy atom. The van der Waals surface area contributed by atoms with Gasteiger partial charge in [0.05, 0.1) is 0 Å². The molecule has 5 nitrogen and oxygen atoms in total. The molecule has 5 rings (SSSR count). The van der Waals surface area contributed by atoms with Crippen molar-refractivity contribution in [3.63, 3.8) is 0 Å². The van der Waals surface area contributed by atoms with Gasteiger partial charge in [0, 0.05) is 49.0 Å². The molecule has 1 spiro atoms. The number of benzene rings is 2. The number of hydrogen-bond acceptors (Lipinski definition) is 4. The first-order chi connectivity index (χ1) is 20.6. The van der Waals surface area contributed by atoms with Crippen molar-refractivity contribution in [2.24, 2.45) is 0 Å². The summed E-state index contributed by atoms with van der Waals surface area (Å²) in [4.78, 5) is 16.0. The minimum absolute atomic E-state index is 0.400. The Balaban J connectivity index is 0.000000342. The summed E-state index contributed by atoms with van der Waals surface area (Å²) in [7, 11) is -7.91. The van der Waals surface area contributed by atoms with E-state index in [1.54, 1.807) is 25.4 Å². The quantitative estimate of drug-likeness (QED) is 0.154. The van der Waals surface area contributed by atoms with Crippen molar-refractivity contribution in [1.29, 1.82) is 0 Å². The van der Waals surface area contributed by atoms with E-state index in [0.29, 0.717) is 85.5 Å². The van der Waals surface area contributed by atoms with Crippen LogP contribution < -0.4 is 10.2 Å². The molecule has 0 radical (unpaired) electrons. The van der Waals surface area contributed by atoms with E-state index < -0.39 is 20.5 Å². The van der Waals surface area contributed by atoms with Gasteiger partial charge in [0.2, 0.25) is 6.41 Å². The molecule has 2 aromatic carbocycles. The highest BCUT2D eigenvalue weighted by atomic mass is 35.5. The number of pyridine rings is 1. The Morgan fingerprint density at radius 2 is 1.64 bits per heavy atom. The van der Waals surface area contributed by atoms with Gasteiger partial charge >= 0.3 is 10.2 Å². The van der Waals surface area contributed by atoms with Crippen molar-refractivity contribution >= 4 is 51.6 Å². The molecule has 13 heteroatoms. The molecule has 3 heterocycles. The number of aromatic nitrogens is 1. The predicted molar refractivity (Wildman–Crippen MR) is 172 cm³/mol. The number of nitrogens with one attached hydrogen (secondary N) is 1. The second-order valence-electron chi connectivity index (χ2n) is 10.5. The molecule has 0 unspecified atom stereocenters. The number of amides is 1. The van der Waals surface area contributed by atoms with Crippen LogP contribution in [0.2, 0.25) is 10.2 Å². The SMILES string of the molecule is CC.CN1CC2(CCN(C/C=C/c3ccc(Cl)cc3)CC2)c2cc(S(F)(F)(F)(F)F)ccc21.O=CNCc1ccnc(Cl)c1. The van der Waals surface area contributed by atoms with Gasteiger partial charge in [-0.15, -0.1) is 0 Å². The summed E-state index contributed by atoms with van der Waals surface area (Å²) in [6.07, 6.45) is 7.55.